The minimum Gasteiger partial charge on any atom is -0.406 e. The number of guanidine groups is 1. The van der Waals surface area contributed by atoms with Gasteiger partial charge in [0.2, 0.25) is 18.1 Å². The third-order valence-electron chi connectivity index (χ3n) is 5.87. The minimum atomic E-state index is -4.88. The van der Waals surface area contributed by atoms with Crippen molar-refractivity contribution in [3.05, 3.63) is 58.1 Å². The lowest BCUT2D eigenvalue weighted by Gasteiger charge is -2.31. The summed E-state index contributed by atoms with van der Waals surface area (Å²) in [5, 5.41) is 18.8. The van der Waals surface area contributed by atoms with Gasteiger partial charge in [-0.05, 0) is 43.5 Å². The number of ether oxygens (including phenoxy) is 1. The Morgan fingerprint density at radius 1 is 1.30 bits per heavy atom. The number of halogens is 5. The Labute approximate surface area is 240 Å². The molecule has 1 aliphatic heterocycles. The van der Waals surface area contributed by atoms with Crippen LogP contribution in [0.2, 0.25) is 10.0 Å². The molecule has 2 aromatic carbocycles. The van der Waals surface area contributed by atoms with Gasteiger partial charge in [0.1, 0.15) is 5.75 Å². The topological polar surface area (TPSA) is 119 Å². The molecule has 214 valence electrons. The minimum absolute atomic E-state index is 0.0653. The lowest BCUT2D eigenvalue weighted by Crippen LogP contribution is -2.53. The SMILES string of the molecule is CCN(C(=O)[C@H](N)CC(C)C)C1CN(/C(=N\C#N)Nc2cccc(OC(F)(F)F)c2)N=C1c1ccc(Cl)c(Cl)c1. The largest absolute Gasteiger partial charge is 0.573 e. The Kier molecular flexibility index (Phi) is 10.2. The second kappa shape index (κ2) is 13.2. The number of hydrogen-bond donors (Lipinski definition) is 2. The van der Waals surface area contributed by atoms with Crippen molar-refractivity contribution in [3.63, 3.8) is 0 Å². The van der Waals surface area contributed by atoms with Gasteiger partial charge < -0.3 is 20.7 Å². The number of anilines is 1. The molecule has 3 rings (SSSR count). The number of amides is 1. The van der Waals surface area contributed by atoms with Crippen LogP contribution in [-0.4, -0.2) is 59.0 Å². The lowest BCUT2D eigenvalue weighted by atomic mass is 9.99. The van der Waals surface area contributed by atoms with Crippen LogP contribution in [0.25, 0.3) is 0 Å². The highest BCUT2D eigenvalue weighted by molar-refractivity contribution is 6.42. The first-order chi connectivity index (χ1) is 18.8. The van der Waals surface area contributed by atoms with Crippen LogP contribution in [0, 0.1) is 17.4 Å². The molecule has 1 unspecified atom stereocenters. The first kappa shape index (κ1) is 31.0. The van der Waals surface area contributed by atoms with Crippen LogP contribution in [0.3, 0.4) is 0 Å². The molecule has 40 heavy (non-hydrogen) atoms. The fourth-order valence-electron chi connectivity index (χ4n) is 4.22. The molecular formula is C26H28Cl2F3N7O2. The average Bonchev–Trinajstić information content (AvgIpc) is 3.29. The van der Waals surface area contributed by atoms with Crippen molar-refractivity contribution < 1.29 is 22.7 Å². The monoisotopic (exact) mass is 597 g/mol. The molecule has 0 radical (unpaired) electrons. The molecule has 2 atom stereocenters. The van der Waals surface area contributed by atoms with Gasteiger partial charge in [-0.15, -0.1) is 18.2 Å². The van der Waals surface area contributed by atoms with Crippen LogP contribution >= 0.6 is 23.2 Å². The fraction of sp³-hybridized carbons (Fsp3) is 0.385. The van der Waals surface area contributed by atoms with E-state index in [4.69, 9.17) is 28.9 Å². The van der Waals surface area contributed by atoms with Crippen LogP contribution in [0.5, 0.6) is 5.75 Å². The van der Waals surface area contributed by atoms with Crippen molar-refractivity contribution in [2.75, 3.05) is 18.4 Å². The summed E-state index contributed by atoms with van der Waals surface area (Å²) in [5.74, 6) is -0.632. The van der Waals surface area contributed by atoms with Crippen molar-refractivity contribution in [1.82, 2.24) is 9.91 Å². The number of nitrogens with two attached hydrogens (primary N) is 1. The average molecular weight is 598 g/mol. The number of hydrazone groups is 1. The molecule has 0 saturated heterocycles. The number of rotatable bonds is 8. The number of alkyl halides is 3. The Morgan fingerprint density at radius 3 is 2.62 bits per heavy atom. The van der Waals surface area contributed by atoms with Crippen LogP contribution in [0.1, 0.15) is 32.8 Å². The summed E-state index contributed by atoms with van der Waals surface area (Å²) in [6.07, 6.45) is -2.73. The molecule has 3 N–H and O–H groups in total. The van der Waals surface area contributed by atoms with E-state index in [0.717, 1.165) is 12.1 Å². The van der Waals surface area contributed by atoms with Crippen molar-refractivity contribution >= 4 is 46.5 Å². The van der Waals surface area contributed by atoms with Crippen LogP contribution in [-0.2, 0) is 4.79 Å². The second-order valence-corrected chi connectivity index (χ2v) is 10.1. The Balaban J connectivity index is 2.00. The standard InChI is InChI=1S/C26H28Cl2F3N7O2/c1-4-37(24(39)21(33)10-15(2)3)22-13-38(36-23(22)16-8-9-19(27)20(28)11-16)25(34-14-32)35-17-6-5-7-18(12-17)40-26(29,30)31/h5-9,11-12,15,21-22H,4,10,13,33H2,1-3H3,(H,34,35)/t21-,22?/m1/s1. The van der Waals surface area contributed by atoms with E-state index < -0.39 is 24.2 Å². The number of hydrogen-bond acceptors (Lipinski definition) is 6. The van der Waals surface area contributed by atoms with Crippen LogP contribution < -0.4 is 15.8 Å². The van der Waals surface area contributed by atoms with Crippen molar-refractivity contribution in [1.29, 1.82) is 5.26 Å². The number of nitrogens with zero attached hydrogens (tertiary/aromatic N) is 5. The van der Waals surface area contributed by atoms with Gasteiger partial charge in [-0.3, -0.25) is 4.79 Å². The molecule has 0 spiro atoms. The normalized spacial score (nSPS) is 16.4. The number of aliphatic imine (C=N–C) groups is 1. The molecule has 9 nitrogen and oxygen atoms in total. The first-order valence-corrected chi connectivity index (χ1v) is 13.1. The Bertz CT molecular complexity index is 1330. The Hall–Kier alpha value is -3.53. The maximum Gasteiger partial charge on any atom is 0.573 e. The third kappa shape index (κ3) is 8.00. The van der Waals surface area contributed by atoms with Crippen LogP contribution in [0.15, 0.2) is 52.6 Å². The molecule has 1 heterocycles. The molecule has 14 heteroatoms. The molecule has 0 aromatic heterocycles. The quantitative estimate of drug-likeness (QED) is 0.237. The third-order valence-corrected chi connectivity index (χ3v) is 6.61. The van der Waals surface area contributed by atoms with E-state index in [1.165, 1.54) is 17.1 Å². The van der Waals surface area contributed by atoms with E-state index in [1.807, 2.05) is 20.8 Å². The predicted octanol–water partition coefficient (Wildman–Crippen LogP) is 5.45. The second-order valence-electron chi connectivity index (χ2n) is 9.31. The van der Waals surface area contributed by atoms with E-state index in [9.17, 15) is 23.2 Å². The maximum atomic E-state index is 13.4. The predicted molar refractivity (Wildman–Crippen MR) is 148 cm³/mol. The zero-order valence-electron chi connectivity index (χ0n) is 21.9. The van der Waals surface area contributed by atoms with E-state index in [0.29, 0.717) is 29.3 Å². The number of nitrogens with one attached hydrogen (secondary N) is 1. The number of carbonyl (C=O) groups excluding carboxylic acids is 1. The summed E-state index contributed by atoms with van der Waals surface area (Å²) in [6, 6.07) is 8.59. The van der Waals surface area contributed by atoms with Gasteiger partial charge in [0.05, 0.1) is 34.4 Å². The summed E-state index contributed by atoms with van der Waals surface area (Å²) in [4.78, 5) is 18.8. The highest BCUT2D eigenvalue weighted by atomic mass is 35.5. The molecule has 1 amide bonds. The summed E-state index contributed by atoms with van der Waals surface area (Å²) in [7, 11) is 0. The number of likely N-dealkylation sites (N-methyl/N-ethyl adjacent to an activating group) is 1. The first-order valence-electron chi connectivity index (χ1n) is 12.3. The number of nitriles is 1. The van der Waals surface area contributed by atoms with E-state index >= 15 is 0 Å². The smallest absolute Gasteiger partial charge is 0.406 e. The van der Waals surface area contributed by atoms with Gasteiger partial charge in [0, 0.05) is 23.9 Å². The van der Waals surface area contributed by atoms with E-state index in [2.05, 4.69) is 20.1 Å². The molecular weight excluding hydrogens is 570 g/mol. The zero-order valence-corrected chi connectivity index (χ0v) is 23.4. The van der Waals surface area contributed by atoms with Gasteiger partial charge in [0.25, 0.3) is 0 Å². The molecule has 2 aromatic rings. The van der Waals surface area contributed by atoms with Crippen molar-refractivity contribution in [3.8, 4) is 11.9 Å². The van der Waals surface area contributed by atoms with Crippen molar-refractivity contribution in [2.45, 2.75) is 45.6 Å². The summed E-state index contributed by atoms with van der Waals surface area (Å²) >= 11 is 12.4. The highest BCUT2D eigenvalue weighted by Crippen LogP contribution is 2.28. The summed E-state index contributed by atoms with van der Waals surface area (Å²) < 4.78 is 42.1. The van der Waals surface area contributed by atoms with Gasteiger partial charge in [-0.2, -0.15) is 10.4 Å². The molecule has 0 bridgehead atoms. The number of carbonyl (C=O) groups is 1. The Morgan fingerprint density at radius 2 is 2.02 bits per heavy atom. The molecule has 1 aliphatic rings. The zero-order chi connectivity index (χ0) is 29.6. The van der Waals surface area contributed by atoms with Crippen LogP contribution in [0.4, 0.5) is 18.9 Å². The molecule has 0 aliphatic carbocycles. The van der Waals surface area contributed by atoms with E-state index in [-0.39, 0.29) is 35.0 Å². The van der Waals surface area contributed by atoms with Gasteiger partial charge in [-0.1, -0.05) is 49.2 Å². The summed E-state index contributed by atoms with van der Waals surface area (Å²) in [6.45, 7) is 6.11. The summed E-state index contributed by atoms with van der Waals surface area (Å²) in [5.41, 5.74) is 7.41. The fourth-order valence-corrected chi connectivity index (χ4v) is 4.52. The van der Waals surface area contributed by atoms with Gasteiger partial charge in [-0.25, -0.2) is 5.01 Å². The number of benzene rings is 2. The maximum absolute atomic E-state index is 13.4. The molecule has 0 saturated carbocycles. The highest BCUT2D eigenvalue weighted by Gasteiger charge is 2.38. The lowest BCUT2D eigenvalue weighted by molar-refractivity contribution is -0.274. The van der Waals surface area contributed by atoms with E-state index in [1.54, 1.807) is 29.3 Å². The van der Waals surface area contributed by atoms with Gasteiger partial charge >= 0.3 is 6.36 Å². The van der Waals surface area contributed by atoms with Gasteiger partial charge in [0.15, 0.2) is 0 Å². The van der Waals surface area contributed by atoms with Crippen molar-refractivity contribution in [2.24, 2.45) is 21.7 Å². The molecule has 0 fully saturated rings.